The maximum absolute atomic E-state index is 13.6. The summed E-state index contributed by atoms with van der Waals surface area (Å²) in [6.07, 6.45) is 2.01. The zero-order chi connectivity index (χ0) is 21.7. The van der Waals surface area contributed by atoms with Crippen LogP contribution in [0, 0.1) is 6.92 Å². The molecule has 0 N–H and O–H groups in total. The summed E-state index contributed by atoms with van der Waals surface area (Å²) in [6.45, 7) is 1.97. The van der Waals surface area contributed by atoms with Gasteiger partial charge in [-0.2, -0.15) is 0 Å². The van der Waals surface area contributed by atoms with Crippen LogP contribution in [-0.2, 0) is 0 Å². The first-order chi connectivity index (χ1) is 15.0. The van der Waals surface area contributed by atoms with Crippen LogP contribution >= 0.6 is 23.4 Å². The van der Waals surface area contributed by atoms with Crippen LogP contribution in [0.25, 0.3) is 11.0 Å². The molecule has 2 heterocycles. The molecule has 1 unspecified atom stereocenters. The van der Waals surface area contributed by atoms with Gasteiger partial charge in [0.1, 0.15) is 5.58 Å². The van der Waals surface area contributed by atoms with Crippen LogP contribution in [0.3, 0.4) is 0 Å². The fourth-order valence-electron chi connectivity index (χ4n) is 4.09. The summed E-state index contributed by atoms with van der Waals surface area (Å²) in [6, 6.07) is 19.9. The number of nitrogens with zero attached hydrogens (tertiary/aromatic N) is 1. The van der Waals surface area contributed by atoms with Crippen LogP contribution in [0.15, 0.2) is 80.8 Å². The first-order valence-corrected chi connectivity index (χ1v) is 11.4. The maximum Gasteiger partial charge on any atom is 0.295 e. The zero-order valence-electron chi connectivity index (χ0n) is 16.9. The van der Waals surface area contributed by atoms with Gasteiger partial charge >= 0.3 is 0 Å². The molecule has 1 aliphatic heterocycles. The summed E-state index contributed by atoms with van der Waals surface area (Å²) >= 11 is 7.78. The Bertz CT molecular complexity index is 1390. The monoisotopic (exact) mass is 447 g/mol. The molecule has 0 radical (unpaired) electrons. The second kappa shape index (κ2) is 7.59. The summed E-state index contributed by atoms with van der Waals surface area (Å²) in [7, 11) is 0. The smallest absolute Gasteiger partial charge is 0.295 e. The lowest BCUT2D eigenvalue weighted by molar-refractivity contribution is 0.0971. The standard InChI is InChI=1S/C25H18ClNO3S/c1-14-4-3-5-17(12-14)27-22(15-6-9-18(31-2)10-7-15)21-23(28)19-13-16(26)8-11-20(19)30-24(21)25(27)29/h3-13,22H,1-2H3. The van der Waals surface area contributed by atoms with E-state index in [2.05, 4.69) is 0 Å². The van der Waals surface area contributed by atoms with Gasteiger partial charge in [0.05, 0.1) is 17.0 Å². The van der Waals surface area contributed by atoms with E-state index >= 15 is 0 Å². The summed E-state index contributed by atoms with van der Waals surface area (Å²) in [5, 5.41) is 0.816. The second-order valence-corrected chi connectivity index (χ2v) is 8.82. The minimum absolute atomic E-state index is 0.0836. The second-order valence-electron chi connectivity index (χ2n) is 7.50. The molecule has 1 atom stereocenters. The molecule has 0 saturated heterocycles. The number of hydrogen-bond acceptors (Lipinski definition) is 4. The lowest BCUT2D eigenvalue weighted by Gasteiger charge is -2.25. The van der Waals surface area contributed by atoms with E-state index in [4.69, 9.17) is 16.0 Å². The van der Waals surface area contributed by atoms with Crippen molar-refractivity contribution >= 4 is 45.9 Å². The molecule has 0 aliphatic carbocycles. The summed E-state index contributed by atoms with van der Waals surface area (Å²) in [4.78, 5) is 29.9. The fraction of sp³-hybridized carbons (Fsp3) is 0.120. The molecule has 0 fully saturated rings. The van der Waals surface area contributed by atoms with Gasteiger partial charge in [-0.3, -0.25) is 14.5 Å². The normalized spacial score (nSPS) is 15.5. The Labute approximate surface area is 188 Å². The average Bonchev–Trinajstić information content (AvgIpc) is 3.07. The van der Waals surface area contributed by atoms with Crippen molar-refractivity contribution < 1.29 is 9.21 Å². The highest BCUT2D eigenvalue weighted by Gasteiger charge is 2.43. The van der Waals surface area contributed by atoms with Gasteiger partial charge in [0, 0.05) is 15.6 Å². The predicted octanol–water partition coefficient (Wildman–Crippen LogP) is 6.23. The van der Waals surface area contributed by atoms with Crippen molar-refractivity contribution in [3.05, 3.63) is 104 Å². The van der Waals surface area contributed by atoms with Gasteiger partial charge in [-0.1, -0.05) is 35.9 Å². The van der Waals surface area contributed by atoms with Crippen LogP contribution < -0.4 is 10.3 Å². The molecule has 0 spiro atoms. The quantitative estimate of drug-likeness (QED) is 0.349. The minimum atomic E-state index is -0.583. The van der Waals surface area contributed by atoms with Gasteiger partial charge in [0.15, 0.2) is 5.43 Å². The Morgan fingerprint density at radius 2 is 1.77 bits per heavy atom. The highest BCUT2D eigenvalue weighted by atomic mass is 35.5. The highest BCUT2D eigenvalue weighted by Crippen LogP contribution is 2.41. The number of halogens is 1. The number of carbonyl (C=O) groups excluding carboxylic acids is 1. The van der Waals surface area contributed by atoms with E-state index in [-0.39, 0.29) is 17.1 Å². The Kier molecular flexibility index (Phi) is 4.88. The van der Waals surface area contributed by atoms with E-state index in [9.17, 15) is 9.59 Å². The van der Waals surface area contributed by atoms with E-state index in [1.807, 2.05) is 61.7 Å². The van der Waals surface area contributed by atoms with E-state index in [1.165, 1.54) is 0 Å². The Morgan fingerprint density at radius 3 is 2.48 bits per heavy atom. The van der Waals surface area contributed by atoms with Crippen molar-refractivity contribution in [1.82, 2.24) is 0 Å². The van der Waals surface area contributed by atoms with Crippen LogP contribution in [0.5, 0.6) is 0 Å². The molecule has 154 valence electrons. The lowest BCUT2D eigenvalue weighted by atomic mass is 9.98. The van der Waals surface area contributed by atoms with Gasteiger partial charge < -0.3 is 4.42 Å². The number of anilines is 1. The predicted molar refractivity (Wildman–Crippen MR) is 126 cm³/mol. The average molecular weight is 448 g/mol. The van der Waals surface area contributed by atoms with Gasteiger partial charge in [-0.25, -0.2) is 0 Å². The molecule has 4 aromatic rings. The van der Waals surface area contributed by atoms with E-state index in [0.29, 0.717) is 21.6 Å². The summed E-state index contributed by atoms with van der Waals surface area (Å²) < 4.78 is 5.98. The first kappa shape index (κ1) is 19.9. The summed E-state index contributed by atoms with van der Waals surface area (Å²) in [5.41, 5.74) is 3.05. The van der Waals surface area contributed by atoms with Crippen LogP contribution in [-0.4, -0.2) is 12.2 Å². The molecule has 1 aromatic heterocycles. The van der Waals surface area contributed by atoms with Crippen molar-refractivity contribution in [2.45, 2.75) is 17.9 Å². The SMILES string of the molecule is CSc1ccc(C2c3c(oc4ccc(Cl)cc4c3=O)C(=O)N2c2cccc(C)c2)cc1. The molecular weight excluding hydrogens is 430 g/mol. The van der Waals surface area contributed by atoms with Crippen LogP contribution in [0.4, 0.5) is 5.69 Å². The highest BCUT2D eigenvalue weighted by molar-refractivity contribution is 7.98. The minimum Gasteiger partial charge on any atom is -0.450 e. The van der Waals surface area contributed by atoms with Crippen molar-refractivity contribution in [3.8, 4) is 0 Å². The third kappa shape index (κ3) is 3.25. The van der Waals surface area contributed by atoms with Gasteiger partial charge in [-0.05, 0) is 66.8 Å². The third-order valence-electron chi connectivity index (χ3n) is 5.54. The van der Waals surface area contributed by atoms with Crippen molar-refractivity contribution in [2.24, 2.45) is 0 Å². The molecule has 31 heavy (non-hydrogen) atoms. The largest absolute Gasteiger partial charge is 0.450 e. The van der Waals surface area contributed by atoms with Crippen LogP contribution in [0.2, 0.25) is 5.02 Å². The van der Waals surface area contributed by atoms with Crippen LogP contribution in [0.1, 0.15) is 33.3 Å². The number of thioether (sulfide) groups is 1. The number of amides is 1. The number of hydrogen-bond donors (Lipinski definition) is 0. The summed E-state index contributed by atoms with van der Waals surface area (Å²) in [5.74, 6) is -0.242. The number of fused-ring (bicyclic) bond motifs is 2. The number of aryl methyl sites for hydroxylation is 1. The topological polar surface area (TPSA) is 50.5 Å². The molecule has 1 amide bonds. The van der Waals surface area contributed by atoms with Gasteiger partial charge in [0.2, 0.25) is 5.76 Å². The van der Waals surface area contributed by atoms with E-state index in [1.54, 1.807) is 34.9 Å². The number of carbonyl (C=O) groups is 1. The van der Waals surface area contributed by atoms with Crippen molar-refractivity contribution in [1.29, 1.82) is 0 Å². The molecule has 0 saturated carbocycles. The Morgan fingerprint density at radius 1 is 1.00 bits per heavy atom. The van der Waals surface area contributed by atoms with Gasteiger partial charge in [-0.15, -0.1) is 11.8 Å². The molecular formula is C25H18ClNO3S. The molecule has 4 nitrogen and oxygen atoms in total. The molecule has 0 bridgehead atoms. The van der Waals surface area contributed by atoms with Gasteiger partial charge in [0.25, 0.3) is 5.91 Å². The number of benzene rings is 3. The lowest BCUT2D eigenvalue weighted by Crippen LogP contribution is -2.29. The first-order valence-electron chi connectivity index (χ1n) is 9.78. The molecule has 5 rings (SSSR count). The zero-order valence-corrected chi connectivity index (χ0v) is 18.5. The third-order valence-corrected chi connectivity index (χ3v) is 6.52. The van der Waals surface area contributed by atoms with E-state index in [0.717, 1.165) is 21.7 Å². The Hall–Kier alpha value is -3.02. The number of rotatable bonds is 3. The van der Waals surface area contributed by atoms with Crippen molar-refractivity contribution in [2.75, 3.05) is 11.2 Å². The molecule has 6 heteroatoms. The van der Waals surface area contributed by atoms with Crippen molar-refractivity contribution in [3.63, 3.8) is 0 Å². The molecule has 3 aromatic carbocycles. The van der Waals surface area contributed by atoms with E-state index < -0.39 is 6.04 Å². The maximum atomic E-state index is 13.6. The fourth-order valence-corrected chi connectivity index (χ4v) is 4.67. The Balaban J connectivity index is 1.80. The molecule has 1 aliphatic rings.